The molecule has 1 aliphatic heterocycles. The van der Waals surface area contributed by atoms with Crippen molar-refractivity contribution in [2.24, 2.45) is 22.7 Å². The predicted molar refractivity (Wildman–Crippen MR) is 114 cm³/mol. The molecule has 5 heteroatoms. The van der Waals surface area contributed by atoms with Gasteiger partial charge in [0.15, 0.2) is 5.78 Å². The monoisotopic (exact) mass is 411 g/mol. The summed E-state index contributed by atoms with van der Waals surface area (Å²) in [7, 11) is 1.37. The Morgan fingerprint density at radius 2 is 1.67 bits per heavy atom. The van der Waals surface area contributed by atoms with Crippen molar-refractivity contribution in [1.82, 2.24) is 5.32 Å². The molecule has 0 bridgehead atoms. The average molecular weight is 412 g/mol. The minimum atomic E-state index is -1.24. The van der Waals surface area contributed by atoms with Crippen LogP contribution in [0.2, 0.25) is 0 Å². The van der Waals surface area contributed by atoms with E-state index in [1.54, 1.807) is 0 Å². The van der Waals surface area contributed by atoms with Gasteiger partial charge in [0.1, 0.15) is 16.7 Å². The van der Waals surface area contributed by atoms with E-state index in [2.05, 4.69) is 5.32 Å². The number of fused-ring (bicyclic) bond motifs is 1. The van der Waals surface area contributed by atoms with E-state index in [0.717, 1.165) is 37.7 Å². The zero-order valence-electron chi connectivity index (χ0n) is 18.5. The number of esters is 1. The zero-order valence-corrected chi connectivity index (χ0v) is 18.5. The fourth-order valence-electron chi connectivity index (χ4n) is 7.01. The van der Waals surface area contributed by atoms with Crippen LogP contribution in [0.4, 0.5) is 0 Å². The molecule has 1 unspecified atom stereocenters. The highest BCUT2D eigenvalue weighted by molar-refractivity contribution is 6.13. The molecule has 0 radical (unpaired) electrons. The van der Waals surface area contributed by atoms with E-state index in [9.17, 15) is 14.4 Å². The van der Waals surface area contributed by atoms with Crippen LogP contribution < -0.4 is 5.32 Å². The summed E-state index contributed by atoms with van der Waals surface area (Å²) in [5.74, 6) is -0.975. The summed E-state index contributed by atoms with van der Waals surface area (Å²) < 4.78 is 5.20. The Morgan fingerprint density at radius 1 is 1.03 bits per heavy atom. The van der Waals surface area contributed by atoms with Crippen molar-refractivity contribution in [3.63, 3.8) is 0 Å². The molecule has 1 N–H and O–H groups in total. The molecule has 4 atom stereocenters. The molecule has 3 aliphatic rings. The largest absolute Gasteiger partial charge is 0.468 e. The van der Waals surface area contributed by atoms with Gasteiger partial charge in [0.05, 0.1) is 13.2 Å². The van der Waals surface area contributed by atoms with Crippen molar-refractivity contribution < 1.29 is 19.1 Å². The number of nitrogens with one attached hydrogen (secondary N) is 1. The Balaban J connectivity index is 1.95. The summed E-state index contributed by atoms with van der Waals surface area (Å²) in [5.41, 5.74) is -1.98. The zero-order chi connectivity index (χ0) is 21.7. The number of benzene rings is 1. The molecule has 0 aromatic heterocycles. The first-order valence-corrected chi connectivity index (χ1v) is 11.2. The predicted octanol–water partition coefficient (Wildman–Crippen LogP) is 4.01. The van der Waals surface area contributed by atoms with Crippen molar-refractivity contribution in [1.29, 1.82) is 0 Å². The SMILES string of the molecule is COC(=O)[C@@]1(C)N[C@@H](c2ccccc2)[C@@]2(C(=O)C3CCCCC3)C(=O)CC(C)(C)C21. The fraction of sp³-hybridized carbons (Fsp3) is 0.640. The molecule has 1 aromatic rings. The van der Waals surface area contributed by atoms with Gasteiger partial charge in [-0.25, -0.2) is 0 Å². The number of carbonyl (C=O) groups is 3. The summed E-state index contributed by atoms with van der Waals surface area (Å²) in [6, 6.07) is 9.13. The third kappa shape index (κ3) is 2.81. The summed E-state index contributed by atoms with van der Waals surface area (Å²) >= 11 is 0. The van der Waals surface area contributed by atoms with E-state index < -0.39 is 34.3 Å². The lowest BCUT2D eigenvalue weighted by molar-refractivity contribution is -0.153. The van der Waals surface area contributed by atoms with Crippen molar-refractivity contribution in [2.45, 2.75) is 70.9 Å². The van der Waals surface area contributed by atoms with Crippen LogP contribution in [-0.4, -0.2) is 30.2 Å². The standard InChI is InChI=1S/C25H33NO4/c1-23(2)15-18(27)25(20(28)17-13-9-6-10-14-17)19(16-11-7-5-8-12-16)26-24(3,21(23)25)22(29)30-4/h5,7-8,11-12,17,19,21,26H,6,9-10,13-15H2,1-4H3/t19-,21?,24-,25+/m0/s1. The second-order valence-corrected chi connectivity index (χ2v) is 10.3. The Kier molecular flexibility index (Phi) is 5.16. The number of hydrogen-bond donors (Lipinski definition) is 1. The van der Waals surface area contributed by atoms with Crippen LogP contribution in [0.15, 0.2) is 30.3 Å². The summed E-state index contributed by atoms with van der Waals surface area (Å²) in [6.07, 6.45) is 5.14. The molecule has 5 nitrogen and oxygen atoms in total. The molecule has 3 fully saturated rings. The molecular formula is C25H33NO4. The van der Waals surface area contributed by atoms with Crippen molar-refractivity contribution >= 4 is 17.5 Å². The van der Waals surface area contributed by atoms with E-state index in [1.807, 2.05) is 51.1 Å². The number of ketones is 2. The smallest absolute Gasteiger partial charge is 0.326 e. The second kappa shape index (κ2) is 7.30. The van der Waals surface area contributed by atoms with Gasteiger partial charge in [-0.1, -0.05) is 63.4 Å². The quantitative estimate of drug-likeness (QED) is 0.599. The Bertz CT molecular complexity index is 857. The minimum absolute atomic E-state index is 0.0259. The van der Waals surface area contributed by atoms with Crippen molar-refractivity contribution in [3.05, 3.63) is 35.9 Å². The van der Waals surface area contributed by atoms with Crippen LogP contribution in [0.25, 0.3) is 0 Å². The van der Waals surface area contributed by atoms with Gasteiger partial charge < -0.3 is 4.74 Å². The molecule has 1 aromatic carbocycles. The van der Waals surface area contributed by atoms with Crippen LogP contribution >= 0.6 is 0 Å². The molecular weight excluding hydrogens is 378 g/mol. The highest BCUT2D eigenvalue weighted by atomic mass is 16.5. The van der Waals surface area contributed by atoms with E-state index in [1.165, 1.54) is 7.11 Å². The highest BCUT2D eigenvalue weighted by Crippen LogP contribution is 2.66. The number of Topliss-reactive ketones (excluding diaryl/α,β-unsaturated/α-hetero) is 2. The van der Waals surface area contributed by atoms with Gasteiger partial charge in [-0.3, -0.25) is 19.7 Å². The first kappa shape index (κ1) is 21.2. The number of rotatable bonds is 4. The van der Waals surface area contributed by atoms with Crippen molar-refractivity contribution in [3.8, 4) is 0 Å². The lowest BCUT2D eigenvalue weighted by Gasteiger charge is -2.41. The van der Waals surface area contributed by atoms with Gasteiger partial charge in [0.2, 0.25) is 0 Å². The first-order chi connectivity index (χ1) is 14.2. The Morgan fingerprint density at radius 3 is 2.27 bits per heavy atom. The van der Waals surface area contributed by atoms with Crippen molar-refractivity contribution in [2.75, 3.05) is 7.11 Å². The van der Waals surface area contributed by atoms with Gasteiger partial charge in [-0.15, -0.1) is 0 Å². The van der Waals surface area contributed by atoms with E-state index >= 15 is 0 Å². The maximum atomic E-state index is 14.3. The molecule has 1 heterocycles. The first-order valence-electron chi connectivity index (χ1n) is 11.2. The van der Waals surface area contributed by atoms with Gasteiger partial charge in [-0.05, 0) is 30.7 Å². The third-order valence-electron chi connectivity index (χ3n) is 7.92. The van der Waals surface area contributed by atoms with Gasteiger partial charge >= 0.3 is 5.97 Å². The number of methoxy groups -OCH3 is 1. The number of hydrogen-bond acceptors (Lipinski definition) is 5. The molecule has 2 saturated carbocycles. The maximum Gasteiger partial charge on any atom is 0.326 e. The highest BCUT2D eigenvalue weighted by Gasteiger charge is 2.77. The molecule has 2 aliphatic carbocycles. The minimum Gasteiger partial charge on any atom is -0.468 e. The number of ether oxygens (including phenoxy) is 1. The summed E-state index contributed by atoms with van der Waals surface area (Å²) in [6.45, 7) is 5.85. The normalized spacial score (nSPS) is 35.8. The van der Waals surface area contributed by atoms with Gasteiger partial charge in [0, 0.05) is 18.3 Å². The number of carbonyl (C=O) groups excluding carboxylic acids is 3. The molecule has 1 saturated heterocycles. The summed E-state index contributed by atoms with van der Waals surface area (Å²) in [4.78, 5) is 41.2. The van der Waals surface area contributed by atoms with E-state index in [4.69, 9.17) is 4.74 Å². The Hall–Kier alpha value is -2.01. The maximum absolute atomic E-state index is 14.3. The third-order valence-corrected chi connectivity index (χ3v) is 7.92. The molecule has 4 rings (SSSR count). The average Bonchev–Trinajstić information content (AvgIpc) is 3.17. The van der Waals surface area contributed by atoms with Crippen LogP contribution in [0.5, 0.6) is 0 Å². The summed E-state index contributed by atoms with van der Waals surface area (Å²) in [5, 5.41) is 3.47. The van der Waals surface area contributed by atoms with E-state index in [0.29, 0.717) is 6.42 Å². The molecule has 162 valence electrons. The van der Waals surface area contributed by atoms with Crippen LogP contribution in [0.1, 0.15) is 70.9 Å². The van der Waals surface area contributed by atoms with Crippen LogP contribution in [0, 0.1) is 22.7 Å². The fourth-order valence-corrected chi connectivity index (χ4v) is 7.01. The molecule has 30 heavy (non-hydrogen) atoms. The van der Waals surface area contributed by atoms with Crippen LogP contribution in [-0.2, 0) is 19.1 Å². The lowest BCUT2D eigenvalue weighted by Crippen LogP contribution is -2.55. The van der Waals surface area contributed by atoms with E-state index in [-0.39, 0.29) is 17.5 Å². The van der Waals surface area contributed by atoms with Gasteiger partial charge in [-0.2, -0.15) is 0 Å². The lowest BCUT2D eigenvalue weighted by atomic mass is 9.58. The van der Waals surface area contributed by atoms with Gasteiger partial charge in [0.25, 0.3) is 0 Å². The molecule has 0 spiro atoms. The van der Waals surface area contributed by atoms with Crippen LogP contribution in [0.3, 0.4) is 0 Å². The molecule has 0 amide bonds. The topological polar surface area (TPSA) is 72.5 Å². The Labute approximate surface area is 178 Å². The second-order valence-electron chi connectivity index (χ2n) is 10.3.